The van der Waals surface area contributed by atoms with E-state index in [1.165, 1.54) is 6.07 Å². The lowest BCUT2D eigenvalue weighted by Gasteiger charge is -2.09. The molecule has 1 heterocycles. The third kappa shape index (κ3) is 3.77. The number of hydrogen-bond donors (Lipinski definition) is 2. The van der Waals surface area contributed by atoms with Crippen molar-refractivity contribution in [1.82, 2.24) is 5.32 Å². The van der Waals surface area contributed by atoms with Gasteiger partial charge in [-0.15, -0.1) is 0 Å². The highest BCUT2D eigenvalue weighted by Gasteiger charge is 2.30. The molecule has 0 radical (unpaired) electrons. The van der Waals surface area contributed by atoms with Crippen molar-refractivity contribution in [3.8, 4) is 0 Å². The molecule has 0 aromatic heterocycles. The van der Waals surface area contributed by atoms with Crippen LogP contribution in [0.5, 0.6) is 0 Å². The van der Waals surface area contributed by atoms with Gasteiger partial charge in [0.2, 0.25) is 11.8 Å². The minimum Gasteiger partial charge on any atom is -0.355 e. The Morgan fingerprint density at radius 1 is 1.42 bits per heavy atom. The van der Waals surface area contributed by atoms with E-state index in [-0.39, 0.29) is 17.6 Å². The zero-order chi connectivity index (χ0) is 14.4. The maximum atomic E-state index is 13.3. The summed E-state index contributed by atoms with van der Waals surface area (Å²) in [5, 5.41) is 5.13. The van der Waals surface area contributed by atoms with Crippen molar-refractivity contribution in [2.45, 2.75) is 27.2 Å². The topological polar surface area (TPSA) is 58.2 Å². The molecule has 0 bridgehead atoms. The van der Waals surface area contributed by atoms with E-state index in [0.29, 0.717) is 24.2 Å². The third-order valence-corrected chi connectivity index (χ3v) is 2.80. The van der Waals surface area contributed by atoms with Gasteiger partial charge in [-0.25, -0.2) is 4.39 Å². The van der Waals surface area contributed by atoms with Crippen LogP contribution in [0.25, 0.3) is 0 Å². The number of aryl methyl sites for hydroxylation is 1. The molecule has 2 rings (SSSR count). The molecule has 0 spiro atoms. The van der Waals surface area contributed by atoms with E-state index in [0.717, 1.165) is 0 Å². The van der Waals surface area contributed by atoms with Gasteiger partial charge < -0.3 is 10.6 Å². The first-order valence-electron chi connectivity index (χ1n) is 6.42. The molecule has 19 heavy (non-hydrogen) atoms. The Hall–Kier alpha value is -1.91. The first-order chi connectivity index (χ1) is 9.08. The van der Waals surface area contributed by atoms with Crippen molar-refractivity contribution >= 4 is 17.5 Å². The van der Waals surface area contributed by atoms with Gasteiger partial charge in [0, 0.05) is 12.2 Å². The van der Waals surface area contributed by atoms with Crippen LogP contribution in [0.2, 0.25) is 0 Å². The minimum atomic E-state index is -0.667. The van der Waals surface area contributed by atoms with Gasteiger partial charge in [-0.1, -0.05) is 19.9 Å². The summed E-state index contributed by atoms with van der Waals surface area (Å²) in [4.78, 5) is 23.0. The first kappa shape index (κ1) is 15.1. The molecule has 0 aliphatic carbocycles. The van der Waals surface area contributed by atoms with Crippen LogP contribution >= 0.6 is 0 Å². The van der Waals surface area contributed by atoms with E-state index < -0.39 is 5.92 Å². The fourth-order valence-electron chi connectivity index (χ4n) is 1.74. The van der Waals surface area contributed by atoms with Crippen LogP contribution in [0.1, 0.15) is 25.8 Å². The molecule has 5 heteroatoms. The summed E-state index contributed by atoms with van der Waals surface area (Å²) in [7, 11) is 0. The fraction of sp³-hybridized carbons (Fsp3) is 0.429. The Bertz CT molecular complexity index is 475. The van der Waals surface area contributed by atoms with Crippen LogP contribution in [0.3, 0.4) is 0 Å². The second kappa shape index (κ2) is 6.87. The molecule has 4 nitrogen and oxygen atoms in total. The molecule has 2 N–H and O–H groups in total. The normalized spacial score (nSPS) is 17.3. The Balaban J connectivity index is 0.000000861. The summed E-state index contributed by atoms with van der Waals surface area (Å²) in [5.41, 5.74) is 0.888. The van der Waals surface area contributed by atoms with Crippen LogP contribution in [-0.4, -0.2) is 18.4 Å². The average molecular weight is 266 g/mol. The highest BCUT2D eigenvalue weighted by atomic mass is 19.1. The summed E-state index contributed by atoms with van der Waals surface area (Å²) in [6, 6.07) is 4.45. The van der Waals surface area contributed by atoms with Crippen LogP contribution in [0.4, 0.5) is 10.1 Å². The molecule has 104 valence electrons. The molecule has 1 atom stereocenters. The first-order valence-corrected chi connectivity index (χ1v) is 6.42. The van der Waals surface area contributed by atoms with Gasteiger partial charge in [0.15, 0.2) is 0 Å². The zero-order valence-corrected chi connectivity index (χ0v) is 11.4. The Morgan fingerprint density at radius 2 is 2.11 bits per heavy atom. The quantitative estimate of drug-likeness (QED) is 0.806. The predicted molar refractivity (Wildman–Crippen MR) is 72.2 cm³/mol. The monoisotopic (exact) mass is 266 g/mol. The summed E-state index contributed by atoms with van der Waals surface area (Å²) < 4.78 is 13.3. The van der Waals surface area contributed by atoms with Crippen molar-refractivity contribution < 1.29 is 14.0 Å². The summed E-state index contributed by atoms with van der Waals surface area (Å²) in [6.45, 7) is 6.16. The number of amides is 2. The van der Waals surface area contributed by atoms with Crippen molar-refractivity contribution in [1.29, 1.82) is 0 Å². The third-order valence-electron chi connectivity index (χ3n) is 2.80. The van der Waals surface area contributed by atoms with Gasteiger partial charge in [-0.2, -0.15) is 0 Å². The van der Waals surface area contributed by atoms with Gasteiger partial charge in [0.05, 0.1) is 0 Å². The van der Waals surface area contributed by atoms with E-state index in [1.54, 1.807) is 19.1 Å². The highest BCUT2D eigenvalue weighted by molar-refractivity contribution is 6.07. The van der Waals surface area contributed by atoms with E-state index in [2.05, 4.69) is 10.6 Å². The number of benzene rings is 1. The standard InChI is InChI=1S/C12H13FN2O2.C2H6/c1-7-2-3-8(6-10(7)13)15-12(17)9-4-5-14-11(9)16;1-2/h2-3,6,9H,4-5H2,1H3,(H,14,16)(H,15,17);1-2H3. The summed E-state index contributed by atoms with van der Waals surface area (Å²) >= 11 is 0. The molecule has 1 aromatic rings. The Labute approximate surface area is 112 Å². The molecule has 1 fully saturated rings. The molecule has 2 amide bonds. The smallest absolute Gasteiger partial charge is 0.237 e. The summed E-state index contributed by atoms with van der Waals surface area (Å²) in [5.74, 6) is -1.70. The molecule has 1 aromatic carbocycles. The second-order valence-electron chi connectivity index (χ2n) is 4.09. The van der Waals surface area contributed by atoms with Gasteiger partial charge in [-0.3, -0.25) is 9.59 Å². The van der Waals surface area contributed by atoms with Crippen molar-refractivity contribution in [3.63, 3.8) is 0 Å². The van der Waals surface area contributed by atoms with Crippen LogP contribution in [-0.2, 0) is 9.59 Å². The molecule has 1 aliphatic heterocycles. The number of hydrogen-bond acceptors (Lipinski definition) is 2. The van der Waals surface area contributed by atoms with Gasteiger partial charge in [0.1, 0.15) is 11.7 Å². The fourth-order valence-corrected chi connectivity index (χ4v) is 1.74. The van der Waals surface area contributed by atoms with E-state index >= 15 is 0 Å². The van der Waals surface area contributed by atoms with E-state index in [1.807, 2.05) is 13.8 Å². The molecule has 1 unspecified atom stereocenters. The van der Waals surface area contributed by atoms with Crippen LogP contribution in [0.15, 0.2) is 18.2 Å². The molecule has 1 aliphatic rings. The number of anilines is 1. The maximum absolute atomic E-state index is 13.3. The molecular formula is C14H19FN2O2. The lowest BCUT2D eigenvalue weighted by atomic mass is 10.1. The lowest BCUT2D eigenvalue weighted by molar-refractivity contribution is -0.130. The molecular weight excluding hydrogens is 247 g/mol. The Kier molecular flexibility index (Phi) is 5.48. The molecule has 0 saturated carbocycles. The number of nitrogens with one attached hydrogen (secondary N) is 2. The number of halogens is 1. The highest BCUT2D eigenvalue weighted by Crippen LogP contribution is 2.16. The van der Waals surface area contributed by atoms with Gasteiger partial charge in [0.25, 0.3) is 0 Å². The zero-order valence-electron chi connectivity index (χ0n) is 11.4. The number of rotatable bonds is 2. The minimum absolute atomic E-state index is 0.268. The van der Waals surface area contributed by atoms with Crippen LogP contribution < -0.4 is 10.6 Å². The van der Waals surface area contributed by atoms with Crippen molar-refractivity contribution in [2.75, 3.05) is 11.9 Å². The second-order valence-corrected chi connectivity index (χ2v) is 4.09. The Morgan fingerprint density at radius 3 is 2.63 bits per heavy atom. The van der Waals surface area contributed by atoms with Crippen LogP contribution in [0, 0.1) is 18.7 Å². The lowest BCUT2D eigenvalue weighted by Crippen LogP contribution is -2.29. The maximum Gasteiger partial charge on any atom is 0.237 e. The molecule has 1 saturated heterocycles. The summed E-state index contributed by atoms with van der Waals surface area (Å²) in [6.07, 6.45) is 0.485. The largest absolute Gasteiger partial charge is 0.355 e. The number of carbonyl (C=O) groups excluding carboxylic acids is 2. The van der Waals surface area contributed by atoms with Crippen molar-refractivity contribution in [3.05, 3.63) is 29.6 Å². The predicted octanol–water partition coefficient (Wildman–Crippen LogP) is 2.23. The SMILES string of the molecule is CC.Cc1ccc(NC(=O)C2CCNC2=O)cc1F. The van der Waals surface area contributed by atoms with Crippen molar-refractivity contribution in [2.24, 2.45) is 5.92 Å². The van der Waals surface area contributed by atoms with E-state index in [4.69, 9.17) is 0 Å². The average Bonchev–Trinajstić information content (AvgIpc) is 2.83. The van der Waals surface area contributed by atoms with Gasteiger partial charge in [-0.05, 0) is 31.0 Å². The van der Waals surface area contributed by atoms with E-state index in [9.17, 15) is 14.0 Å². The number of carbonyl (C=O) groups is 2. The van der Waals surface area contributed by atoms with Gasteiger partial charge >= 0.3 is 0 Å².